The molecule has 0 saturated carbocycles. The topological polar surface area (TPSA) is 85.6 Å². The van der Waals surface area contributed by atoms with Gasteiger partial charge in [0, 0.05) is 0 Å². The van der Waals surface area contributed by atoms with Gasteiger partial charge < -0.3 is 0 Å². The maximum atomic E-state index is 12.8. The van der Waals surface area contributed by atoms with Gasteiger partial charge in [-0.25, -0.2) is 0 Å². The number of rotatable bonds is 5. The summed E-state index contributed by atoms with van der Waals surface area (Å²) in [7, 11) is 0. The number of ketones is 1. The van der Waals surface area contributed by atoms with Crippen LogP contribution < -0.4 is 0 Å². The van der Waals surface area contributed by atoms with E-state index in [0.29, 0.717) is 19.7 Å². The molecule has 0 aliphatic carbocycles. The van der Waals surface area contributed by atoms with Crippen LogP contribution in [-0.2, 0) is 28.9 Å². The molecule has 0 unspecified atom stereocenters. The molecule has 0 fully saturated rings. The van der Waals surface area contributed by atoms with Crippen LogP contribution in [0, 0.1) is 6.08 Å². The van der Waals surface area contributed by atoms with E-state index in [9.17, 15) is 14.4 Å². The molecule has 0 amide bonds. The molecule has 0 aliphatic rings. The van der Waals surface area contributed by atoms with Crippen molar-refractivity contribution in [2.75, 3.05) is 0 Å². The summed E-state index contributed by atoms with van der Waals surface area (Å²) in [5, 5.41) is 10.4. The molecule has 26 heavy (non-hydrogen) atoms. The number of carbonyl (C=O) groups excluding carboxylic acids is 2. The van der Waals surface area contributed by atoms with E-state index in [1.54, 1.807) is 45.0 Å². The van der Waals surface area contributed by atoms with E-state index < -0.39 is 17.7 Å². The average molecular weight is 542 g/mol. The molecule has 1 aromatic carbocycles. The number of hydrogen-bond donors (Lipinski definition) is 1. The molecule has 0 aliphatic heterocycles. The van der Waals surface area contributed by atoms with E-state index in [2.05, 4.69) is 6.08 Å². The zero-order valence-corrected chi connectivity index (χ0v) is 18.1. The molecule has 136 valence electrons. The number of nitrogens with zero attached hydrogens (tertiary/aromatic N) is 1. The van der Waals surface area contributed by atoms with E-state index in [0.717, 1.165) is 31.1 Å². The second-order valence-corrected chi connectivity index (χ2v) is 9.58. The third kappa shape index (κ3) is 5.02. The van der Waals surface area contributed by atoms with Crippen LogP contribution in [0.3, 0.4) is 0 Å². The normalized spacial score (nSPS) is 11.7. The van der Waals surface area contributed by atoms with Crippen molar-refractivity contribution in [1.82, 2.24) is 4.57 Å². The summed E-state index contributed by atoms with van der Waals surface area (Å²) < 4.78 is 7.17. The summed E-state index contributed by atoms with van der Waals surface area (Å²) in [6, 6.07) is 7.06. The van der Waals surface area contributed by atoms with Gasteiger partial charge in [-0.05, 0) is 0 Å². The molecule has 2 aromatic rings. The summed E-state index contributed by atoms with van der Waals surface area (Å²) in [5.41, 5.74) is 0.282. The fourth-order valence-electron chi connectivity index (χ4n) is 2.12. The van der Waals surface area contributed by atoms with Gasteiger partial charge in [0.1, 0.15) is 0 Å². The van der Waals surface area contributed by atoms with Crippen molar-refractivity contribution in [1.29, 1.82) is 0 Å². The second-order valence-electron chi connectivity index (χ2n) is 6.21. The van der Waals surface area contributed by atoms with Crippen molar-refractivity contribution in [3.63, 3.8) is 0 Å². The molecule has 0 atom stereocenters. The van der Waals surface area contributed by atoms with Gasteiger partial charge >= 0.3 is 166 Å². The Labute approximate surface area is 165 Å². The minimum absolute atomic E-state index is 0.257. The predicted molar refractivity (Wildman–Crippen MR) is 95.9 cm³/mol. The number of ether oxygens (including phenoxy) is 1. The SMILES string of the molecule is CC(C)(C)OC(=O)n1cc(C(=O)[C](=[W])SC=[C-]C(=O)O)c2ccccc21. The number of carbonyl (C=O) groups is 3. The summed E-state index contributed by atoms with van der Waals surface area (Å²) in [6.07, 6.45) is 2.99. The number of hydrogen-bond acceptors (Lipinski definition) is 5. The Balaban J connectivity index is 2.39. The molecule has 1 heterocycles. The van der Waals surface area contributed by atoms with E-state index in [1.165, 1.54) is 16.2 Å². The average Bonchev–Trinajstić information content (AvgIpc) is 2.92. The number of aliphatic carboxylic acids is 1. The van der Waals surface area contributed by atoms with E-state index in [1.807, 2.05) is 0 Å². The van der Waals surface area contributed by atoms with Crippen molar-refractivity contribution in [2.24, 2.45) is 0 Å². The van der Waals surface area contributed by atoms with Gasteiger partial charge in [-0.1, -0.05) is 0 Å². The third-order valence-electron chi connectivity index (χ3n) is 3.08. The number of benzene rings is 1. The molecule has 2 rings (SSSR count). The molecule has 0 spiro atoms. The Morgan fingerprint density at radius 3 is 2.54 bits per heavy atom. The molecule has 8 heteroatoms. The second kappa shape index (κ2) is 8.14. The van der Waals surface area contributed by atoms with Crippen LogP contribution in [-0.4, -0.2) is 36.4 Å². The minimum atomic E-state index is -1.20. The van der Waals surface area contributed by atoms with Gasteiger partial charge in [0.25, 0.3) is 0 Å². The molecule has 1 N–H and O–H groups in total. The molecule has 0 saturated heterocycles. The van der Waals surface area contributed by atoms with Crippen LogP contribution in [0.5, 0.6) is 0 Å². The van der Waals surface area contributed by atoms with Gasteiger partial charge in [0.05, 0.1) is 0 Å². The van der Waals surface area contributed by atoms with Crippen LogP contribution in [0.4, 0.5) is 4.79 Å². The number of thioether (sulfide) groups is 1. The van der Waals surface area contributed by atoms with E-state index >= 15 is 0 Å². The molecule has 1 aromatic heterocycles. The number of Topliss-reactive ketones (excluding diaryl/α,β-unsaturated/α-hetero) is 1. The summed E-state index contributed by atoms with van der Waals surface area (Å²) in [6.45, 7) is 5.31. The molecule has 0 radical (unpaired) electrons. The first kappa shape index (κ1) is 20.3. The zero-order chi connectivity index (χ0) is 19.5. The standard InChI is InChI=1S/C18H16NO5S.W/c1-18(2,3)24-17(23)19-10-13(12-6-4-5-7-14(12)19)15(20)11-25-9-8-16(21)22;/h4-7,9-10H,1-3H3,(H,21,22);/q-1;. The third-order valence-corrected chi connectivity index (χ3v) is 5.42. The van der Waals surface area contributed by atoms with Crippen LogP contribution >= 0.6 is 11.8 Å². The summed E-state index contributed by atoms with van der Waals surface area (Å²) in [4.78, 5) is 35.7. The Bertz CT molecular complexity index is 923. The van der Waals surface area contributed by atoms with E-state index in [4.69, 9.17) is 9.84 Å². The monoisotopic (exact) mass is 542 g/mol. The van der Waals surface area contributed by atoms with Crippen molar-refractivity contribution in [3.8, 4) is 0 Å². The van der Waals surface area contributed by atoms with Crippen molar-refractivity contribution in [3.05, 3.63) is 47.5 Å². The number of aromatic nitrogens is 1. The Hall–Kier alpha value is -1.98. The Morgan fingerprint density at radius 2 is 1.92 bits per heavy atom. The molecular weight excluding hydrogens is 526 g/mol. The first-order chi connectivity index (χ1) is 12.1. The van der Waals surface area contributed by atoms with Crippen LogP contribution in [0.2, 0.25) is 0 Å². The maximum absolute atomic E-state index is 12.8. The van der Waals surface area contributed by atoms with Crippen LogP contribution in [0.1, 0.15) is 31.1 Å². The van der Waals surface area contributed by atoms with Crippen molar-refractivity contribution in [2.45, 2.75) is 26.4 Å². The van der Waals surface area contributed by atoms with Gasteiger partial charge in [-0.15, -0.1) is 0 Å². The fourth-order valence-corrected chi connectivity index (χ4v) is 3.52. The summed E-state index contributed by atoms with van der Waals surface area (Å²) in [5.74, 6) is -1.46. The molecule has 6 nitrogen and oxygen atoms in total. The Morgan fingerprint density at radius 1 is 1.27 bits per heavy atom. The first-order valence-corrected chi connectivity index (χ1v) is 9.84. The number of para-hydroxylation sites is 1. The predicted octanol–water partition coefficient (Wildman–Crippen LogP) is 3.42. The van der Waals surface area contributed by atoms with Gasteiger partial charge in [0.2, 0.25) is 0 Å². The molecular formula is C18H16NO5SW-. The van der Waals surface area contributed by atoms with Gasteiger partial charge in [-0.3, -0.25) is 0 Å². The number of carboxylic acid groups (broad SMARTS) is 1. The summed E-state index contributed by atoms with van der Waals surface area (Å²) >= 11 is 1.90. The van der Waals surface area contributed by atoms with Crippen LogP contribution in [0.15, 0.2) is 35.9 Å². The zero-order valence-electron chi connectivity index (χ0n) is 14.3. The van der Waals surface area contributed by atoms with E-state index in [-0.39, 0.29) is 5.78 Å². The fraction of sp³-hybridized carbons (Fsp3) is 0.222. The quantitative estimate of drug-likeness (QED) is 0.354. The first-order valence-electron chi connectivity index (χ1n) is 7.50. The van der Waals surface area contributed by atoms with Crippen molar-refractivity contribution >= 4 is 43.7 Å². The number of carboxylic acids is 1. The van der Waals surface area contributed by atoms with Gasteiger partial charge in [-0.2, -0.15) is 0 Å². The van der Waals surface area contributed by atoms with Crippen LogP contribution in [0.25, 0.3) is 10.9 Å². The number of fused-ring (bicyclic) bond motifs is 1. The molecule has 0 bridgehead atoms. The van der Waals surface area contributed by atoms with Crippen molar-refractivity contribution < 1.29 is 43.6 Å². The van der Waals surface area contributed by atoms with Gasteiger partial charge in [0.15, 0.2) is 0 Å². The Kier molecular flexibility index (Phi) is 6.37.